The van der Waals surface area contributed by atoms with Gasteiger partial charge in [0.1, 0.15) is 122 Å². The predicted octanol–water partition coefficient (Wildman–Crippen LogP) is -11.9. The fraction of sp³-hybridized carbons (Fsp3) is 1.00. The Kier molecular flexibility index (Phi) is 16.1. The third-order valence-corrected chi connectivity index (χ3v) is 10.3. The van der Waals surface area contributed by atoms with E-state index < -0.39 is 187 Å². The smallest absolute Gasteiger partial charge is 0.187 e. The average Bonchev–Trinajstić information content (AvgIpc) is 3.18. The molecule has 17 N–H and O–H groups in total. The van der Waals surface area contributed by atoms with Crippen LogP contribution in [0.3, 0.4) is 0 Å². The lowest BCUT2D eigenvalue weighted by molar-refractivity contribution is -0.395. The van der Waals surface area contributed by atoms with Crippen molar-refractivity contribution in [1.82, 2.24) is 0 Å². The summed E-state index contributed by atoms with van der Waals surface area (Å²) in [4.78, 5) is 0. The fourth-order valence-corrected chi connectivity index (χ4v) is 6.78. The van der Waals surface area contributed by atoms with Gasteiger partial charge in [-0.15, -0.1) is 0 Å². The highest BCUT2D eigenvalue weighted by Crippen LogP contribution is 2.34. The molecule has 25 atom stereocenters. The summed E-state index contributed by atoms with van der Waals surface area (Å²) in [6, 6.07) is 0. The molecule has 0 aromatic carbocycles. The summed E-state index contributed by atoms with van der Waals surface area (Å²) in [6.07, 6.45) is -46.0. The van der Waals surface area contributed by atoms with Crippen molar-refractivity contribution in [3.05, 3.63) is 0 Å². The summed E-state index contributed by atoms with van der Waals surface area (Å²) < 4.78 is 49.6. The van der Waals surface area contributed by atoms with Crippen molar-refractivity contribution in [1.29, 1.82) is 0 Å². The van der Waals surface area contributed by atoms with E-state index >= 15 is 0 Å². The van der Waals surface area contributed by atoms with Gasteiger partial charge in [0.25, 0.3) is 0 Å². The maximum atomic E-state index is 11.1. The van der Waals surface area contributed by atoms with Crippen LogP contribution < -0.4 is 0 Å². The summed E-state index contributed by atoms with van der Waals surface area (Å²) in [5.41, 5.74) is 0. The van der Waals surface area contributed by atoms with Crippen LogP contribution in [0.1, 0.15) is 0 Å². The molecule has 0 aromatic rings. The lowest BCUT2D eigenvalue weighted by atomic mass is 9.96. The highest BCUT2D eigenvalue weighted by Gasteiger charge is 2.55. The number of hydrogen-bond acceptors (Lipinski definition) is 26. The van der Waals surface area contributed by atoms with Crippen molar-refractivity contribution in [2.45, 2.75) is 154 Å². The molecule has 0 spiro atoms. The van der Waals surface area contributed by atoms with Gasteiger partial charge in [-0.1, -0.05) is 0 Å². The molecular formula is C30H52O26. The van der Waals surface area contributed by atoms with Crippen LogP contribution in [0, 0.1) is 0 Å². The number of ether oxygens (including phenoxy) is 9. The fourth-order valence-electron chi connectivity index (χ4n) is 6.78. The molecule has 5 aliphatic rings. The maximum Gasteiger partial charge on any atom is 0.187 e. The van der Waals surface area contributed by atoms with E-state index in [0.717, 1.165) is 0 Å². The van der Waals surface area contributed by atoms with Gasteiger partial charge in [-0.05, 0) is 0 Å². The average molecular weight is 829 g/mol. The third kappa shape index (κ3) is 9.46. The van der Waals surface area contributed by atoms with Crippen LogP contribution in [0.25, 0.3) is 0 Å². The molecule has 5 fully saturated rings. The standard InChI is InChI=1S/C30H52O26/c31-1-6-11(34)17(40)23(46)28(51-6)55-25-20(43)13(36)8(3-33)53-30(25)56-24-19(42)12(35)7(2-32)52-29(24)49-5-10-15(38)18(41)22(45)27(54-10)48-4-9-14(37)16(39)21(44)26(47)50-9/h6-47H,1-5H2/t6-,7-,8-,9-,10-,11-,12-,13-,14-,15-,16+,17+,18+,19+,20+,21+,22+,23+,24+,25+,26+,27+,28-,29+,30-/m1/s1. The Hall–Kier alpha value is -1.04. The Morgan fingerprint density at radius 2 is 0.643 bits per heavy atom. The van der Waals surface area contributed by atoms with Gasteiger partial charge in [-0.25, -0.2) is 0 Å². The molecule has 0 radical (unpaired) electrons. The molecule has 5 saturated heterocycles. The van der Waals surface area contributed by atoms with E-state index in [-0.39, 0.29) is 0 Å². The van der Waals surface area contributed by atoms with Gasteiger partial charge >= 0.3 is 0 Å². The number of hydrogen-bond donors (Lipinski definition) is 17. The Balaban J connectivity index is 1.32. The molecule has 5 aliphatic heterocycles. The first kappa shape index (κ1) is 46.0. The number of rotatable bonds is 13. The van der Waals surface area contributed by atoms with Crippen molar-refractivity contribution in [2.24, 2.45) is 0 Å². The molecule has 26 heteroatoms. The molecule has 0 saturated carbocycles. The van der Waals surface area contributed by atoms with E-state index in [1.165, 1.54) is 0 Å². The van der Waals surface area contributed by atoms with Crippen molar-refractivity contribution < 1.29 is 129 Å². The Labute approximate surface area is 316 Å². The zero-order valence-electron chi connectivity index (χ0n) is 29.2. The zero-order chi connectivity index (χ0) is 41.3. The predicted molar refractivity (Wildman–Crippen MR) is 167 cm³/mol. The van der Waals surface area contributed by atoms with Gasteiger partial charge in [-0.2, -0.15) is 0 Å². The zero-order valence-corrected chi connectivity index (χ0v) is 29.2. The first-order valence-electron chi connectivity index (χ1n) is 17.6. The normalized spacial score (nSPS) is 53.2. The molecule has 56 heavy (non-hydrogen) atoms. The van der Waals surface area contributed by atoms with Crippen molar-refractivity contribution in [3.63, 3.8) is 0 Å². The van der Waals surface area contributed by atoms with Gasteiger partial charge in [-0.3, -0.25) is 0 Å². The second kappa shape index (κ2) is 19.6. The summed E-state index contributed by atoms with van der Waals surface area (Å²) >= 11 is 0. The van der Waals surface area contributed by atoms with Gasteiger partial charge in [0.15, 0.2) is 31.5 Å². The van der Waals surface area contributed by atoms with E-state index in [9.17, 15) is 86.8 Å². The van der Waals surface area contributed by atoms with Gasteiger partial charge in [0, 0.05) is 0 Å². The lowest BCUT2D eigenvalue weighted by Crippen LogP contribution is -2.67. The van der Waals surface area contributed by atoms with Crippen molar-refractivity contribution in [3.8, 4) is 0 Å². The minimum Gasteiger partial charge on any atom is -0.394 e. The minimum absolute atomic E-state index is 0.701. The summed E-state index contributed by atoms with van der Waals surface area (Å²) in [5.74, 6) is 0. The first-order chi connectivity index (χ1) is 26.4. The summed E-state index contributed by atoms with van der Waals surface area (Å²) in [7, 11) is 0. The van der Waals surface area contributed by atoms with Gasteiger partial charge < -0.3 is 129 Å². The van der Waals surface area contributed by atoms with Crippen molar-refractivity contribution >= 4 is 0 Å². The molecule has 26 nitrogen and oxygen atoms in total. The van der Waals surface area contributed by atoms with E-state index in [1.54, 1.807) is 0 Å². The Morgan fingerprint density at radius 1 is 0.304 bits per heavy atom. The largest absolute Gasteiger partial charge is 0.394 e. The van der Waals surface area contributed by atoms with Gasteiger partial charge in [0.2, 0.25) is 0 Å². The molecule has 0 aromatic heterocycles. The van der Waals surface area contributed by atoms with Crippen LogP contribution in [-0.4, -0.2) is 273 Å². The molecule has 0 amide bonds. The first-order valence-corrected chi connectivity index (χ1v) is 17.6. The van der Waals surface area contributed by atoms with Crippen molar-refractivity contribution in [2.75, 3.05) is 33.0 Å². The summed E-state index contributed by atoms with van der Waals surface area (Å²) in [6.45, 7) is -4.19. The Morgan fingerprint density at radius 3 is 1.16 bits per heavy atom. The second-order valence-corrected chi connectivity index (χ2v) is 14.0. The molecular weight excluding hydrogens is 776 g/mol. The molecule has 0 aliphatic carbocycles. The molecule has 5 rings (SSSR count). The van der Waals surface area contributed by atoms with Crippen LogP contribution in [0.15, 0.2) is 0 Å². The number of aliphatic hydroxyl groups is 17. The van der Waals surface area contributed by atoms with Crippen LogP contribution >= 0.6 is 0 Å². The van der Waals surface area contributed by atoms with E-state index in [0.29, 0.717) is 0 Å². The third-order valence-electron chi connectivity index (χ3n) is 10.3. The van der Waals surface area contributed by atoms with Crippen LogP contribution in [0.2, 0.25) is 0 Å². The monoisotopic (exact) mass is 828 g/mol. The van der Waals surface area contributed by atoms with E-state index in [4.69, 9.17) is 42.6 Å². The molecule has 5 heterocycles. The Bertz CT molecular complexity index is 1210. The number of aliphatic hydroxyl groups excluding tert-OH is 17. The van der Waals surface area contributed by atoms with Crippen LogP contribution in [0.5, 0.6) is 0 Å². The SMILES string of the molecule is OC[C@H]1O[C@H](O[C@@H]2[C@@H](O[C@@H]3[C@@H](OC[C@H]4O[C@H](OC[C@H]5O[C@H](O)[C@@H](O)[C@@H](O)[C@@H]5O)[C@@H](O)[C@@H](O)[C@@H]4O)O[C@H](CO)[C@@H](O)[C@@H]3O)O[C@H](CO)[C@@H](O)[C@@H]2O)[C@@H](O)[C@@H](O)[C@@H]1O. The minimum atomic E-state index is -2.04. The highest BCUT2D eigenvalue weighted by atomic mass is 16.8. The quantitative estimate of drug-likeness (QED) is 0.0819. The van der Waals surface area contributed by atoms with E-state index in [2.05, 4.69) is 0 Å². The molecule has 328 valence electrons. The topological polar surface area (TPSA) is 427 Å². The van der Waals surface area contributed by atoms with E-state index in [1.807, 2.05) is 0 Å². The molecule has 0 unspecified atom stereocenters. The highest BCUT2D eigenvalue weighted by molar-refractivity contribution is 4.97. The second-order valence-electron chi connectivity index (χ2n) is 14.0. The molecule has 0 bridgehead atoms. The van der Waals surface area contributed by atoms with Gasteiger partial charge in [0.05, 0.1) is 33.0 Å². The maximum absolute atomic E-state index is 11.1. The lowest BCUT2D eigenvalue weighted by Gasteiger charge is -2.48. The van der Waals surface area contributed by atoms with Crippen LogP contribution in [0.4, 0.5) is 0 Å². The summed E-state index contributed by atoms with van der Waals surface area (Å²) in [5, 5.41) is 175. The van der Waals surface area contributed by atoms with Crippen LogP contribution in [-0.2, 0) is 42.6 Å².